The number of nitrogens with one attached hydrogen (secondary N) is 1. The molecule has 0 saturated carbocycles. The van der Waals surface area contributed by atoms with Gasteiger partial charge >= 0.3 is 0 Å². The molecule has 0 aliphatic heterocycles. The fourth-order valence-corrected chi connectivity index (χ4v) is 2.41. The molecule has 3 aromatic rings. The van der Waals surface area contributed by atoms with Crippen molar-refractivity contribution in [1.29, 1.82) is 0 Å². The zero-order chi connectivity index (χ0) is 16.8. The third kappa shape index (κ3) is 4.20. The number of hydrogen-bond donors (Lipinski definition) is 1. The van der Waals surface area contributed by atoms with Gasteiger partial charge in [-0.25, -0.2) is 0 Å². The summed E-state index contributed by atoms with van der Waals surface area (Å²) in [7, 11) is 1.96. The standard InChI is InChI=1S/C18H18ClN5/c1-24(16-5-3-2-4-6-16)17-13-21-23-18(22-17)20-12-11-14-7-9-15(19)10-8-14/h2-10,13H,11-12H2,1H3,(H,20,22,23). The van der Waals surface area contributed by atoms with Gasteiger partial charge in [-0.3, -0.25) is 0 Å². The zero-order valence-electron chi connectivity index (χ0n) is 13.4. The van der Waals surface area contributed by atoms with Crippen molar-refractivity contribution in [2.75, 3.05) is 23.8 Å². The Hall–Kier alpha value is -2.66. The summed E-state index contributed by atoms with van der Waals surface area (Å²) in [4.78, 5) is 6.49. The minimum absolute atomic E-state index is 0.518. The molecule has 0 aliphatic rings. The fourth-order valence-electron chi connectivity index (χ4n) is 2.28. The summed E-state index contributed by atoms with van der Waals surface area (Å²) in [5.74, 6) is 1.26. The second-order valence-electron chi connectivity index (χ2n) is 5.34. The van der Waals surface area contributed by atoms with E-state index < -0.39 is 0 Å². The molecule has 1 N–H and O–H groups in total. The minimum Gasteiger partial charge on any atom is -0.353 e. The van der Waals surface area contributed by atoms with E-state index in [1.165, 1.54) is 5.56 Å². The average Bonchev–Trinajstić information content (AvgIpc) is 2.64. The van der Waals surface area contributed by atoms with E-state index in [0.717, 1.165) is 29.5 Å². The molecule has 5 nitrogen and oxygen atoms in total. The lowest BCUT2D eigenvalue weighted by molar-refractivity contribution is 0.915. The summed E-state index contributed by atoms with van der Waals surface area (Å²) in [5.41, 5.74) is 2.25. The molecule has 6 heteroatoms. The van der Waals surface area contributed by atoms with E-state index in [1.807, 2.05) is 66.5 Å². The van der Waals surface area contributed by atoms with Gasteiger partial charge in [-0.1, -0.05) is 41.9 Å². The van der Waals surface area contributed by atoms with Gasteiger partial charge in [-0.05, 0) is 36.2 Å². The van der Waals surface area contributed by atoms with Gasteiger partial charge in [-0.15, -0.1) is 5.10 Å². The lowest BCUT2D eigenvalue weighted by atomic mass is 10.1. The highest BCUT2D eigenvalue weighted by atomic mass is 35.5. The van der Waals surface area contributed by atoms with Crippen LogP contribution < -0.4 is 10.2 Å². The molecular formula is C18H18ClN5. The van der Waals surface area contributed by atoms with Crippen molar-refractivity contribution in [2.24, 2.45) is 0 Å². The van der Waals surface area contributed by atoms with Gasteiger partial charge in [0.05, 0.1) is 6.20 Å². The van der Waals surface area contributed by atoms with Crippen molar-refractivity contribution < 1.29 is 0 Å². The number of nitrogens with zero attached hydrogens (tertiary/aromatic N) is 4. The van der Waals surface area contributed by atoms with Crippen molar-refractivity contribution >= 4 is 29.1 Å². The summed E-state index contributed by atoms with van der Waals surface area (Å²) in [6, 6.07) is 17.8. The number of hydrogen-bond acceptors (Lipinski definition) is 5. The fraction of sp³-hybridized carbons (Fsp3) is 0.167. The summed E-state index contributed by atoms with van der Waals surface area (Å²) in [6.07, 6.45) is 2.51. The van der Waals surface area contributed by atoms with Crippen LogP contribution in [0.3, 0.4) is 0 Å². The molecule has 0 fully saturated rings. The molecule has 0 saturated heterocycles. The van der Waals surface area contributed by atoms with Gasteiger partial charge in [0.25, 0.3) is 0 Å². The maximum atomic E-state index is 5.89. The Balaban J connectivity index is 1.62. The Morgan fingerprint density at radius 1 is 1.04 bits per heavy atom. The first kappa shape index (κ1) is 16.2. The second-order valence-corrected chi connectivity index (χ2v) is 5.77. The Morgan fingerprint density at radius 3 is 2.54 bits per heavy atom. The van der Waals surface area contributed by atoms with E-state index in [1.54, 1.807) is 6.20 Å². The highest BCUT2D eigenvalue weighted by Crippen LogP contribution is 2.20. The highest BCUT2D eigenvalue weighted by Gasteiger charge is 2.07. The van der Waals surface area contributed by atoms with Crippen molar-refractivity contribution in [2.45, 2.75) is 6.42 Å². The van der Waals surface area contributed by atoms with Crippen LogP contribution in [0.25, 0.3) is 0 Å². The van der Waals surface area contributed by atoms with Gasteiger partial charge in [0, 0.05) is 24.3 Å². The van der Waals surface area contributed by atoms with E-state index >= 15 is 0 Å². The second kappa shape index (κ2) is 7.75. The average molecular weight is 340 g/mol. The van der Waals surface area contributed by atoms with Gasteiger partial charge < -0.3 is 10.2 Å². The molecule has 0 bridgehead atoms. The Labute approximate surface area is 146 Å². The van der Waals surface area contributed by atoms with Crippen LogP contribution in [0.15, 0.2) is 60.8 Å². The lowest BCUT2D eigenvalue weighted by Gasteiger charge is -2.18. The Kier molecular flexibility index (Phi) is 5.23. The molecule has 0 radical (unpaired) electrons. The van der Waals surface area contributed by atoms with Crippen LogP contribution in [-0.4, -0.2) is 28.8 Å². The van der Waals surface area contributed by atoms with Gasteiger partial charge in [0.15, 0.2) is 5.82 Å². The third-order valence-corrected chi connectivity index (χ3v) is 3.90. The maximum Gasteiger partial charge on any atom is 0.244 e. The van der Waals surface area contributed by atoms with Crippen LogP contribution in [0.5, 0.6) is 0 Å². The smallest absolute Gasteiger partial charge is 0.244 e. The Morgan fingerprint density at radius 2 is 1.79 bits per heavy atom. The van der Waals surface area contributed by atoms with Crippen molar-refractivity contribution in [3.63, 3.8) is 0 Å². The first-order chi connectivity index (χ1) is 11.7. The molecule has 24 heavy (non-hydrogen) atoms. The van der Waals surface area contributed by atoms with Gasteiger partial charge in [0.2, 0.25) is 5.95 Å². The number of aromatic nitrogens is 3. The van der Waals surface area contributed by atoms with Gasteiger partial charge in [-0.2, -0.15) is 10.1 Å². The monoisotopic (exact) mass is 339 g/mol. The topological polar surface area (TPSA) is 53.9 Å². The van der Waals surface area contributed by atoms with E-state index in [0.29, 0.717) is 5.95 Å². The van der Waals surface area contributed by atoms with Crippen molar-refractivity contribution in [3.8, 4) is 0 Å². The third-order valence-electron chi connectivity index (χ3n) is 3.64. The normalized spacial score (nSPS) is 10.4. The zero-order valence-corrected chi connectivity index (χ0v) is 14.1. The minimum atomic E-state index is 0.518. The molecule has 0 spiro atoms. The summed E-state index contributed by atoms with van der Waals surface area (Å²) >= 11 is 5.89. The summed E-state index contributed by atoms with van der Waals surface area (Å²) in [5, 5.41) is 12.0. The quantitative estimate of drug-likeness (QED) is 0.737. The van der Waals surface area contributed by atoms with E-state index in [2.05, 4.69) is 20.5 Å². The first-order valence-electron chi connectivity index (χ1n) is 7.69. The number of para-hydroxylation sites is 1. The molecular weight excluding hydrogens is 322 g/mol. The molecule has 0 aliphatic carbocycles. The molecule has 0 unspecified atom stereocenters. The van der Waals surface area contributed by atoms with Crippen molar-refractivity contribution in [1.82, 2.24) is 15.2 Å². The lowest BCUT2D eigenvalue weighted by Crippen LogP contribution is -2.14. The number of anilines is 3. The van der Waals surface area contributed by atoms with Crippen LogP contribution in [-0.2, 0) is 6.42 Å². The van der Waals surface area contributed by atoms with Crippen LogP contribution >= 0.6 is 11.6 Å². The molecule has 0 atom stereocenters. The number of halogens is 1. The van der Waals surface area contributed by atoms with Crippen LogP contribution in [0.1, 0.15) is 5.56 Å². The molecule has 0 amide bonds. The van der Waals surface area contributed by atoms with Crippen LogP contribution in [0.2, 0.25) is 5.02 Å². The first-order valence-corrected chi connectivity index (χ1v) is 8.07. The largest absolute Gasteiger partial charge is 0.353 e. The van der Waals surface area contributed by atoms with Crippen molar-refractivity contribution in [3.05, 3.63) is 71.4 Å². The molecule has 1 heterocycles. The molecule has 122 valence electrons. The van der Waals surface area contributed by atoms with E-state index in [4.69, 9.17) is 11.6 Å². The molecule has 1 aromatic heterocycles. The summed E-state index contributed by atoms with van der Waals surface area (Å²) in [6.45, 7) is 0.724. The van der Waals surface area contributed by atoms with Gasteiger partial charge in [0.1, 0.15) is 0 Å². The van der Waals surface area contributed by atoms with Crippen LogP contribution in [0, 0.1) is 0 Å². The van der Waals surface area contributed by atoms with E-state index in [-0.39, 0.29) is 0 Å². The number of benzene rings is 2. The summed E-state index contributed by atoms with van der Waals surface area (Å²) < 4.78 is 0. The molecule has 2 aromatic carbocycles. The number of rotatable bonds is 6. The molecule has 3 rings (SSSR count). The SMILES string of the molecule is CN(c1ccccc1)c1cnnc(NCCc2ccc(Cl)cc2)n1. The Bertz CT molecular complexity index is 777. The highest BCUT2D eigenvalue weighted by molar-refractivity contribution is 6.30. The maximum absolute atomic E-state index is 5.89. The predicted octanol–water partition coefficient (Wildman–Crippen LogP) is 3.95. The predicted molar refractivity (Wildman–Crippen MR) is 98.0 cm³/mol. The van der Waals surface area contributed by atoms with Crippen LogP contribution in [0.4, 0.5) is 17.5 Å². The van der Waals surface area contributed by atoms with E-state index in [9.17, 15) is 0 Å².